The lowest BCUT2D eigenvalue weighted by molar-refractivity contribution is -0.128. The zero-order valence-corrected chi connectivity index (χ0v) is 13.7. The van der Waals surface area contributed by atoms with Crippen LogP contribution in [0, 0.1) is 5.92 Å². The lowest BCUT2D eigenvalue weighted by Crippen LogP contribution is -2.52. The average Bonchev–Trinajstić information content (AvgIpc) is 2.50. The maximum atomic E-state index is 12.2. The standard InChI is InChI=1S/C16H24N2O2S/c1-11-8-9-17-10-15(11)18-16(19)12(2)20-13-4-6-14(21-3)7-5-13/h4-7,11-12,15,17H,8-10H2,1-3H3,(H,18,19). The molecule has 2 N–H and O–H groups in total. The Morgan fingerprint density at radius 1 is 1.43 bits per heavy atom. The number of rotatable bonds is 5. The number of piperidine rings is 1. The molecule has 4 nitrogen and oxygen atoms in total. The first-order valence-corrected chi connectivity index (χ1v) is 8.64. The second kappa shape index (κ2) is 7.71. The molecule has 1 amide bonds. The molecule has 0 aromatic heterocycles. The van der Waals surface area contributed by atoms with Crippen LogP contribution in [0.15, 0.2) is 29.2 Å². The second-order valence-corrected chi connectivity index (χ2v) is 6.40. The first-order chi connectivity index (χ1) is 10.1. The van der Waals surface area contributed by atoms with Gasteiger partial charge in [-0.25, -0.2) is 0 Å². The highest BCUT2D eigenvalue weighted by Gasteiger charge is 2.25. The van der Waals surface area contributed by atoms with Crippen molar-refractivity contribution < 1.29 is 9.53 Å². The van der Waals surface area contributed by atoms with Gasteiger partial charge in [0.2, 0.25) is 0 Å². The molecule has 1 fully saturated rings. The quantitative estimate of drug-likeness (QED) is 0.820. The van der Waals surface area contributed by atoms with Gasteiger partial charge in [-0.05, 0) is 56.3 Å². The van der Waals surface area contributed by atoms with Crippen molar-refractivity contribution in [2.24, 2.45) is 5.92 Å². The smallest absolute Gasteiger partial charge is 0.261 e. The van der Waals surface area contributed by atoms with Crippen molar-refractivity contribution in [2.75, 3.05) is 19.3 Å². The fourth-order valence-corrected chi connectivity index (χ4v) is 2.80. The summed E-state index contributed by atoms with van der Waals surface area (Å²) in [6.07, 6.45) is 2.64. The molecule has 116 valence electrons. The zero-order valence-electron chi connectivity index (χ0n) is 12.9. The minimum Gasteiger partial charge on any atom is -0.481 e. The van der Waals surface area contributed by atoms with Gasteiger partial charge in [-0.1, -0.05) is 6.92 Å². The van der Waals surface area contributed by atoms with E-state index in [1.54, 1.807) is 18.7 Å². The number of carbonyl (C=O) groups is 1. The van der Waals surface area contributed by atoms with E-state index in [2.05, 4.69) is 17.6 Å². The number of benzene rings is 1. The molecule has 21 heavy (non-hydrogen) atoms. The van der Waals surface area contributed by atoms with Crippen molar-refractivity contribution >= 4 is 17.7 Å². The molecule has 1 aromatic rings. The first-order valence-electron chi connectivity index (χ1n) is 7.42. The maximum absolute atomic E-state index is 12.2. The Morgan fingerprint density at radius 2 is 2.14 bits per heavy atom. The van der Waals surface area contributed by atoms with Crippen LogP contribution in [0.4, 0.5) is 0 Å². The molecule has 1 heterocycles. The number of hydrogen-bond acceptors (Lipinski definition) is 4. The molecule has 1 aliphatic heterocycles. The van der Waals surface area contributed by atoms with E-state index in [4.69, 9.17) is 4.74 Å². The lowest BCUT2D eigenvalue weighted by Gasteiger charge is -2.31. The molecule has 0 aliphatic carbocycles. The van der Waals surface area contributed by atoms with Crippen LogP contribution in [0.1, 0.15) is 20.3 Å². The summed E-state index contributed by atoms with van der Waals surface area (Å²) in [6, 6.07) is 7.99. The summed E-state index contributed by atoms with van der Waals surface area (Å²) in [6.45, 7) is 5.83. The van der Waals surface area contributed by atoms with E-state index in [0.29, 0.717) is 5.92 Å². The van der Waals surface area contributed by atoms with Gasteiger partial charge >= 0.3 is 0 Å². The van der Waals surface area contributed by atoms with Gasteiger partial charge < -0.3 is 15.4 Å². The lowest BCUT2D eigenvalue weighted by atomic mass is 9.95. The van der Waals surface area contributed by atoms with Crippen LogP contribution in [-0.4, -0.2) is 37.4 Å². The fraction of sp³-hybridized carbons (Fsp3) is 0.562. The van der Waals surface area contributed by atoms with Crippen molar-refractivity contribution in [3.63, 3.8) is 0 Å². The maximum Gasteiger partial charge on any atom is 0.261 e. The third-order valence-corrected chi connectivity index (χ3v) is 4.64. The second-order valence-electron chi connectivity index (χ2n) is 5.52. The predicted octanol–water partition coefficient (Wildman–Crippen LogP) is 2.29. The Kier molecular flexibility index (Phi) is 5.94. The summed E-state index contributed by atoms with van der Waals surface area (Å²) in [4.78, 5) is 13.4. The summed E-state index contributed by atoms with van der Waals surface area (Å²) in [5, 5.41) is 6.39. The average molecular weight is 308 g/mol. The van der Waals surface area contributed by atoms with E-state index in [1.807, 2.05) is 30.5 Å². The van der Waals surface area contributed by atoms with E-state index < -0.39 is 6.10 Å². The van der Waals surface area contributed by atoms with Gasteiger partial charge in [0.05, 0.1) is 0 Å². The van der Waals surface area contributed by atoms with Crippen LogP contribution in [0.3, 0.4) is 0 Å². The van der Waals surface area contributed by atoms with Crippen LogP contribution >= 0.6 is 11.8 Å². The molecule has 1 saturated heterocycles. The third-order valence-electron chi connectivity index (χ3n) is 3.90. The molecule has 3 atom stereocenters. The van der Waals surface area contributed by atoms with Gasteiger partial charge in [-0.3, -0.25) is 4.79 Å². The number of thioether (sulfide) groups is 1. The van der Waals surface area contributed by atoms with Crippen molar-refractivity contribution in [2.45, 2.75) is 37.3 Å². The van der Waals surface area contributed by atoms with Crippen LogP contribution in [-0.2, 0) is 4.79 Å². The van der Waals surface area contributed by atoms with Crippen LogP contribution in [0.2, 0.25) is 0 Å². The number of nitrogens with one attached hydrogen (secondary N) is 2. The highest BCUT2D eigenvalue weighted by Crippen LogP contribution is 2.20. The summed E-state index contributed by atoms with van der Waals surface area (Å²) in [5.74, 6) is 1.18. The highest BCUT2D eigenvalue weighted by atomic mass is 32.2. The molecular weight excluding hydrogens is 284 g/mol. The van der Waals surface area contributed by atoms with E-state index >= 15 is 0 Å². The van der Waals surface area contributed by atoms with Gasteiger partial charge in [0, 0.05) is 17.5 Å². The van der Waals surface area contributed by atoms with Crippen LogP contribution in [0.25, 0.3) is 0 Å². The van der Waals surface area contributed by atoms with Crippen molar-refractivity contribution in [1.29, 1.82) is 0 Å². The topological polar surface area (TPSA) is 50.4 Å². The molecule has 0 bridgehead atoms. The number of hydrogen-bond donors (Lipinski definition) is 2. The Hall–Kier alpha value is -1.20. The van der Waals surface area contributed by atoms with E-state index in [9.17, 15) is 4.79 Å². The van der Waals surface area contributed by atoms with E-state index in [-0.39, 0.29) is 11.9 Å². The Bertz CT molecular complexity index is 464. The van der Waals surface area contributed by atoms with Gasteiger partial charge in [-0.15, -0.1) is 11.8 Å². The minimum atomic E-state index is -0.487. The number of amides is 1. The molecular formula is C16H24N2O2S. The summed E-state index contributed by atoms with van der Waals surface area (Å²) in [7, 11) is 0. The Morgan fingerprint density at radius 3 is 2.76 bits per heavy atom. The van der Waals surface area contributed by atoms with E-state index in [0.717, 1.165) is 25.3 Å². The largest absolute Gasteiger partial charge is 0.481 e. The van der Waals surface area contributed by atoms with Crippen molar-refractivity contribution in [3.05, 3.63) is 24.3 Å². The molecule has 0 radical (unpaired) electrons. The molecule has 1 aliphatic rings. The third kappa shape index (κ3) is 4.64. The summed E-state index contributed by atoms with van der Waals surface area (Å²) in [5.41, 5.74) is 0. The molecule has 2 rings (SSSR count). The van der Waals surface area contributed by atoms with Gasteiger partial charge in [0.1, 0.15) is 5.75 Å². The van der Waals surface area contributed by atoms with Crippen molar-refractivity contribution in [1.82, 2.24) is 10.6 Å². The van der Waals surface area contributed by atoms with Gasteiger partial charge in [-0.2, -0.15) is 0 Å². The summed E-state index contributed by atoms with van der Waals surface area (Å²) >= 11 is 1.68. The SMILES string of the molecule is CSc1ccc(OC(C)C(=O)NC2CNCCC2C)cc1. The Labute approximate surface area is 131 Å². The predicted molar refractivity (Wildman–Crippen MR) is 86.9 cm³/mol. The molecule has 0 spiro atoms. The molecule has 1 aromatic carbocycles. The molecule has 3 unspecified atom stereocenters. The molecule has 0 saturated carbocycles. The number of ether oxygens (including phenoxy) is 1. The summed E-state index contributed by atoms with van der Waals surface area (Å²) < 4.78 is 5.71. The van der Waals surface area contributed by atoms with Crippen LogP contribution in [0.5, 0.6) is 5.75 Å². The van der Waals surface area contributed by atoms with E-state index in [1.165, 1.54) is 4.90 Å². The monoisotopic (exact) mass is 308 g/mol. The zero-order chi connectivity index (χ0) is 15.2. The Balaban J connectivity index is 1.86. The normalized spacial score (nSPS) is 23.4. The highest BCUT2D eigenvalue weighted by molar-refractivity contribution is 7.98. The van der Waals surface area contributed by atoms with Crippen molar-refractivity contribution in [3.8, 4) is 5.75 Å². The fourth-order valence-electron chi connectivity index (χ4n) is 2.39. The first kappa shape index (κ1) is 16.2. The van der Waals surface area contributed by atoms with Crippen LogP contribution < -0.4 is 15.4 Å². The molecule has 5 heteroatoms. The van der Waals surface area contributed by atoms with Gasteiger partial charge in [0.25, 0.3) is 5.91 Å². The van der Waals surface area contributed by atoms with Gasteiger partial charge in [0.15, 0.2) is 6.10 Å². The minimum absolute atomic E-state index is 0.0514. The number of carbonyl (C=O) groups excluding carboxylic acids is 1.